The molecule has 0 N–H and O–H groups in total. The molecule has 0 spiro atoms. The summed E-state index contributed by atoms with van der Waals surface area (Å²) in [6, 6.07) is 0. The van der Waals surface area contributed by atoms with Crippen LogP contribution in [0, 0.1) is 11.3 Å². The van der Waals surface area contributed by atoms with Crippen molar-refractivity contribution in [1.29, 1.82) is 0 Å². The normalized spacial score (nSPS) is 33.3. The number of methoxy groups -OCH3 is 1. The number of ether oxygens (including phenoxy) is 1. The third-order valence-electron chi connectivity index (χ3n) is 5.93. The molecule has 0 saturated heterocycles. The molecule has 1 aliphatic carbocycles. The van der Waals surface area contributed by atoms with Crippen LogP contribution in [0.1, 0.15) is 105 Å². The van der Waals surface area contributed by atoms with Gasteiger partial charge in [0.25, 0.3) is 0 Å². The quantitative estimate of drug-likeness (QED) is 0.547. The van der Waals surface area contributed by atoms with Crippen LogP contribution >= 0.6 is 0 Å². The average Bonchev–Trinajstić information content (AvgIpc) is 2.45. The van der Waals surface area contributed by atoms with Crippen LogP contribution in [0.2, 0.25) is 0 Å². The van der Waals surface area contributed by atoms with Crippen LogP contribution in [0.3, 0.4) is 0 Å². The van der Waals surface area contributed by atoms with Gasteiger partial charge >= 0.3 is 0 Å². The van der Waals surface area contributed by atoms with Gasteiger partial charge in [0.2, 0.25) is 0 Å². The van der Waals surface area contributed by atoms with Crippen LogP contribution in [0.25, 0.3) is 0 Å². The summed E-state index contributed by atoms with van der Waals surface area (Å²) in [5.74, 6) is 0.924. The van der Waals surface area contributed by atoms with Crippen molar-refractivity contribution >= 4 is 0 Å². The van der Waals surface area contributed by atoms with E-state index in [0.29, 0.717) is 5.41 Å². The van der Waals surface area contributed by atoms with E-state index in [1.165, 1.54) is 77.0 Å². The van der Waals surface area contributed by atoms with Gasteiger partial charge < -0.3 is 4.74 Å². The summed E-state index contributed by atoms with van der Waals surface area (Å²) >= 11 is 0. The predicted octanol–water partition coefficient (Wildman–Crippen LogP) is 6.75. The first-order chi connectivity index (χ1) is 9.91. The fourth-order valence-electron chi connectivity index (χ4n) is 3.82. The predicted molar refractivity (Wildman–Crippen MR) is 93.8 cm³/mol. The molecule has 0 aliphatic heterocycles. The van der Waals surface area contributed by atoms with E-state index in [0.717, 1.165) is 5.92 Å². The highest BCUT2D eigenvalue weighted by molar-refractivity contribution is 4.77. The third-order valence-corrected chi connectivity index (χ3v) is 5.93. The zero-order valence-electron chi connectivity index (χ0n) is 15.5. The van der Waals surface area contributed by atoms with Crippen molar-refractivity contribution in [3.63, 3.8) is 0 Å². The first-order valence-electron chi connectivity index (χ1n) is 9.46. The Balaban J connectivity index is 2.57. The van der Waals surface area contributed by atoms with E-state index in [-0.39, 0.29) is 5.60 Å². The van der Waals surface area contributed by atoms with Crippen molar-refractivity contribution in [1.82, 2.24) is 0 Å². The van der Waals surface area contributed by atoms with Gasteiger partial charge in [0.05, 0.1) is 5.60 Å². The van der Waals surface area contributed by atoms with Gasteiger partial charge in [-0.2, -0.15) is 0 Å². The highest BCUT2D eigenvalue weighted by atomic mass is 16.5. The molecule has 1 rings (SSSR count). The molecule has 2 unspecified atom stereocenters. The van der Waals surface area contributed by atoms with Gasteiger partial charge in [-0.05, 0) is 50.4 Å². The van der Waals surface area contributed by atoms with Gasteiger partial charge in [0.15, 0.2) is 0 Å². The molecular formula is C20H40O. The Morgan fingerprint density at radius 3 is 2.05 bits per heavy atom. The second-order valence-electron chi connectivity index (χ2n) is 8.44. The van der Waals surface area contributed by atoms with E-state index in [1.807, 2.05) is 7.11 Å². The molecule has 1 saturated carbocycles. The maximum Gasteiger partial charge on any atom is 0.0650 e. The molecule has 0 heterocycles. The second kappa shape index (κ2) is 9.18. The highest BCUT2D eigenvalue weighted by Gasteiger charge is 2.24. The average molecular weight is 297 g/mol. The van der Waals surface area contributed by atoms with Crippen molar-refractivity contribution < 1.29 is 4.74 Å². The third kappa shape index (κ3) is 7.68. The lowest BCUT2D eigenvalue weighted by Gasteiger charge is -2.31. The summed E-state index contributed by atoms with van der Waals surface area (Å²) in [5.41, 5.74) is 0.681. The van der Waals surface area contributed by atoms with Gasteiger partial charge in [-0.25, -0.2) is 0 Å². The molecule has 21 heavy (non-hydrogen) atoms. The lowest BCUT2D eigenvalue weighted by molar-refractivity contribution is -0.0131. The van der Waals surface area contributed by atoms with E-state index in [2.05, 4.69) is 27.7 Å². The van der Waals surface area contributed by atoms with Crippen LogP contribution in [0.4, 0.5) is 0 Å². The first kappa shape index (κ1) is 19.0. The summed E-state index contributed by atoms with van der Waals surface area (Å²) in [6.07, 6.45) is 16.3. The van der Waals surface area contributed by atoms with Crippen LogP contribution in [0.5, 0.6) is 0 Å². The lowest BCUT2D eigenvalue weighted by Crippen LogP contribution is -2.27. The number of rotatable bonds is 2. The number of hydrogen-bond donors (Lipinski definition) is 0. The van der Waals surface area contributed by atoms with Gasteiger partial charge in [-0.15, -0.1) is 0 Å². The Hall–Kier alpha value is -0.0400. The Kier molecular flexibility index (Phi) is 8.31. The van der Waals surface area contributed by atoms with Crippen LogP contribution in [-0.2, 0) is 4.74 Å². The standard InChI is InChI=1S/C20H40O/c1-6-18-12-11-16-20(4,21-5)15-10-8-7-9-14-19(2,3)17-13-18/h18H,6-17H2,1-5H3. The van der Waals surface area contributed by atoms with Gasteiger partial charge in [0.1, 0.15) is 0 Å². The number of hydrogen-bond acceptors (Lipinski definition) is 1. The minimum Gasteiger partial charge on any atom is -0.379 e. The molecule has 1 nitrogen and oxygen atoms in total. The van der Waals surface area contributed by atoms with E-state index >= 15 is 0 Å². The van der Waals surface area contributed by atoms with Gasteiger partial charge in [-0.3, -0.25) is 0 Å². The van der Waals surface area contributed by atoms with E-state index < -0.39 is 0 Å². The molecule has 1 fully saturated rings. The largest absolute Gasteiger partial charge is 0.379 e. The van der Waals surface area contributed by atoms with Crippen molar-refractivity contribution in [3.8, 4) is 0 Å². The SMILES string of the molecule is CCC1CCCC(C)(OC)CCCCCCC(C)(C)CC1. The molecule has 126 valence electrons. The van der Waals surface area contributed by atoms with Crippen LogP contribution in [-0.4, -0.2) is 12.7 Å². The summed E-state index contributed by atoms with van der Waals surface area (Å²) in [7, 11) is 1.91. The molecule has 0 bridgehead atoms. The minimum absolute atomic E-state index is 0.127. The monoisotopic (exact) mass is 296 g/mol. The fourth-order valence-corrected chi connectivity index (χ4v) is 3.82. The highest BCUT2D eigenvalue weighted by Crippen LogP contribution is 2.34. The summed E-state index contributed by atoms with van der Waals surface area (Å²) < 4.78 is 5.84. The maximum absolute atomic E-state index is 5.84. The fraction of sp³-hybridized carbons (Fsp3) is 1.00. The van der Waals surface area contributed by atoms with Gasteiger partial charge in [0, 0.05) is 7.11 Å². The zero-order chi connectivity index (χ0) is 15.8. The summed E-state index contributed by atoms with van der Waals surface area (Å²) in [4.78, 5) is 0. The van der Waals surface area contributed by atoms with Crippen molar-refractivity contribution in [2.75, 3.05) is 7.11 Å². The maximum atomic E-state index is 5.84. The molecule has 2 atom stereocenters. The molecular weight excluding hydrogens is 256 g/mol. The lowest BCUT2D eigenvalue weighted by atomic mass is 9.78. The second-order valence-corrected chi connectivity index (χ2v) is 8.44. The Morgan fingerprint density at radius 1 is 0.810 bits per heavy atom. The van der Waals surface area contributed by atoms with Crippen LogP contribution in [0.15, 0.2) is 0 Å². The molecule has 1 heteroatoms. The van der Waals surface area contributed by atoms with E-state index in [9.17, 15) is 0 Å². The molecule has 1 aliphatic rings. The van der Waals surface area contributed by atoms with Gasteiger partial charge in [-0.1, -0.05) is 65.7 Å². The Labute approximate surface area is 134 Å². The Morgan fingerprint density at radius 2 is 1.43 bits per heavy atom. The van der Waals surface area contributed by atoms with Crippen molar-refractivity contribution in [2.45, 2.75) is 110 Å². The smallest absolute Gasteiger partial charge is 0.0650 e. The topological polar surface area (TPSA) is 9.23 Å². The van der Waals surface area contributed by atoms with E-state index in [1.54, 1.807) is 0 Å². The van der Waals surface area contributed by atoms with Crippen molar-refractivity contribution in [2.24, 2.45) is 11.3 Å². The van der Waals surface area contributed by atoms with Crippen LogP contribution < -0.4 is 0 Å². The molecule has 0 aromatic carbocycles. The molecule has 0 aromatic heterocycles. The molecule has 0 aromatic rings. The first-order valence-corrected chi connectivity index (χ1v) is 9.46. The summed E-state index contributed by atoms with van der Waals surface area (Å²) in [6.45, 7) is 9.65. The van der Waals surface area contributed by atoms with Crippen molar-refractivity contribution in [3.05, 3.63) is 0 Å². The molecule has 0 radical (unpaired) electrons. The molecule has 0 amide bonds. The van der Waals surface area contributed by atoms with E-state index in [4.69, 9.17) is 4.74 Å². The zero-order valence-corrected chi connectivity index (χ0v) is 15.5. The Bertz CT molecular complexity index is 271. The summed E-state index contributed by atoms with van der Waals surface area (Å²) in [5, 5.41) is 0. The minimum atomic E-state index is 0.127.